The van der Waals surface area contributed by atoms with E-state index in [1.54, 1.807) is 0 Å². The standard InChI is InChI=1S/C15H21NO/c1-15(2)9-11-5-3-6-12(14(11)17-15)10-16-13-7-4-8-13/h3,5-6,13,16H,4,7-10H2,1-2H3. The van der Waals surface area contributed by atoms with Crippen LogP contribution in [0.25, 0.3) is 0 Å². The minimum absolute atomic E-state index is 0.0328. The van der Waals surface area contributed by atoms with Crippen LogP contribution >= 0.6 is 0 Å². The number of nitrogens with one attached hydrogen (secondary N) is 1. The predicted molar refractivity (Wildman–Crippen MR) is 69.3 cm³/mol. The van der Waals surface area contributed by atoms with Crippen LogP contribution in [0.3, 0.4) is 0 Å². The van der Waals surface area contributed by atoms with E-state index in [1.165, 1.54) is 30.4 Å². The van der Waals surface area contributed by atoms with Gasteiger partial charge in [-0.2, -0.15) is 0 Å². The number of ether oxygens (including phenoxy) is 1. The summed E-state index contributed by atoms with van der Waals surface area (Å²) in [5.41, 5.74) is 2.65. The van der Waals surface area contributed by atoms with Gasteiger partial charge in [0.1, 0.15) is 11.4 Å². The molecule has 1 aromatic rings. The van der Waals surface area contributed by atoms with Crippen LogP contribution in [0.15, 0.2) is 18.2 Å². The second kappa shape index (κ2) is 4.02. The van der Waals surface area contributed by atoms with Gasteiger partial charge < -0.3 is 10.1 Å². The Hall–Kier alpha value is -1.02. The molecule has 1 aliphatic heterocycles. The van der Waals surface area contributed by atoms with E-state index in [9.17, 15) is 0 Å². The lowest BCUT2D eigenvalue weighted by Crippen LogP contribution is -2.34. The van der Waals surface area contributed by atoms with Crippen molar-refractivity contribution in [2.45, 2.75) is 57.7 Å². The molecule has 0 unspecified atom stereocenters. The molecule has 1 aliphatic carbocycles. The normalized spacial score (nSPS) is 21.8. The lowest BCUT2D eigenvalue weighted by Gasteiger charge is -2.27. The molecule has 1 N–H and O–H groups in total. The molecule has 92 valence electrons. The molecule has 2 heteroatoms. The lowest BCUT2D eigenvalue weighted by molar-refractivity contribution is 0.137. The smallest absolute Gasteiger partial charge is 0.127 e. The van der Waals surface area contributed by atoms with E-state index in [-0.39, 0.29) is 5.60 Å². The lowest BCUT2D eigenvalue weighted by atomic mass is 9.93. The van der Waals surface area contributed by atoms with E-state index in [2.05, 4.69) is 37.4 Å². The van der Waals surface area contributed by atoms with Crippen molar-refractivity contribution < 1.29 is 4.74 Å². The van der Waals surface area contributed by atoms with Crippen LogP contribution in [0.4, 0.5) is 0 Å². The summed E-state index contributed by atoms with van der Waals surface area (Å²) in [6.45, 7) is 5.27. The van der Waals surface area contributed by atoms with E-state index in [0.717, 1.165) is 24.8 Å². The minimum Gasteiger partial charge on any atom is -0.487 e. The SMILES string of the molecule is CC1(C)Cc2cccc(CNC3CCC3)c2O1. The Morgan fingerprint density at radius 1 is 1.35 bits per heavy atom. The molecule has 0 amide bonds. The van der Waals surface area contributed by atoms with Crippen LogP contribution in [0.1, 0.15) is 44.2 Å². The van der Waals surface area contributed by atoms with Crippen molar-refractivity contribution in [3.8, 4) is 5.75 Å². The van der Waals surface area contributed by atoms with Gasteiger partial charge in [0.15, 0.2) is 0 Å². The van der Waals surface area contributed by atoms with Crippen molar-refractivity contribution >= 4 is 0 Å². The molecule has 1 aromatic carbocycles. The highest BCUT2D eigenvalue weighted by molar-refractivity contribution is 5.45. The third-order valence-corrected chi connectivity index (χ3v) is 3.86. The average Bonchev–Trinajstić information content (AvgIpc) is 2.50. The molecule has 0 bridgehead atoms. The first kappa shape index (κ1) is 11.1. The van der Waals surface area contributed by atoms with Crippen LogP contribution in [-0.4, -0.2) is 11.6 Å². The molecule has 1 heterocycles. The Labute approximate surface area is 103 Å². The molecular formula is C15H21NO. The number of hydrogen-bond donors (Lipinski definition) is 1. The second-order valence-corrected chi connectivity index (χ2v) is 5.95. The van der Waals surface area contributed by atoms with Gasteiger partial charge in [0.25, 0.3) is 0 Å². The highest BCUT2D eigenvalue weighted by atomic mass is 16.5. The molecule has 17 heavy (non-hydrogen) atoms. The maximum absolute atomic E-state index is 6.07. The Balaban J connectivity index is 1.75. The van der Waals surface area contributed by atoms with Gasteiger partial charge in [0.2, 0.25) is 0 Å². The summed E-state index contributed by atoms with van der Waals surface area (Å²) in [5, 5.41) is 3.61. The molecule has 2 aliphatic rings. The zero-order valence-corrected chi connectivity index (χ0v) is 10.8. The molecular weight excluding hydrogens is 210 g/mol. The molecule has 0 aromatic heterocycles. The van der Waals surface area contributed by atoms with Crippen molar-refractivity contribution in [3.05, 3.63) is 29.3 Å². The molecule has 0 atom stereocenters. The number of fused-ring (bicyclic) bond motifs is 1. The van der Waals surface area contributed by atoms with Crippen LogP contribution in [-0.2, 0) is 13.0 Å². The fourth-order valence-electron chi connectivity index (χ4n) is 2.69. The van der Waals surface area contributed by atoms with Crippen molar-refractivity contribution in [2.75, 3.05) is 0 Å². The summed E-state index contributed by atoms with van der Waals surface area (Å²) in [6, 6.07) is 7.27. The Morgan fingerprint density at radius 3 is 2.88 bits per heavy atom. The van der Waals surface area contributed by atoms with Crippen LogP contribution < -0.4 is 10.1 Å². The van der Waals surface area contributed by atoms with E-state index in [1.807, 2.05) is 0 Å². The first-order valence-corrected chi connectivity index (χ1v) is 6.67. The highest BCUT2D eigenvalue weighted by Crippen LogP contribution is 2.37. The number of rotatable bonds is 3. The molecule has 0 spiro atoms. The minimum atomic E-state index is -0.0328. The maximum atomic E-state index is 6.07. The number of hydrogen-bond acceptors (Lipinski definition) is 2. The van der Waals surface area contributed by atoms with E-state index >= 15 is 0 Å². The second-order valence-electron chi connectivity index (χ2n) is 5.95. The first-order valence-electron chi connectivity index (χ1n) is 6.67. The van der Waals surface area contributed by atoms with E-state index in [0.29, 0.717) is 0 Å². The Bertz CT molecular complexity index is 421. The number of para-hydroxylation sites is 1. The van der Waals surface area contributed by atoms with Crippen LogP contribution in [0.2, 0.25) is 0 Å². The molecule has 1 fully saturated rings. The van der Waals surface area contributed by atoms with Crippen molar-refractivity contribution in [2.24, 2.45) is 0 Å². The predicted octanol–water partition coefficient (Wildman–Crippen LogP) is 3.04. The quantitative estimate of drug-likeness (QED) is 0.863. The fraction of sp³-hybridized carbons (Fsp3) is 0.600. The summed E-state index contributed by atoms with van der Waals surface area (Å²) in [5.74, 6) is 1.13. The van der Waals surface area contributed by atoms with Gasteiger partial charge in [-0.15, -0.1) is 0 Å². The van der Waals surface area contributed by atoms with Crippen LogP contribution in [0, 0.1) is 0 Å². The van der Waals surface area contributed by atoms with Gasteiger partial charge in [-0.3, -0.25) is 0 Å². The zero-order chi connectivity index (χ0) is 11.9. The van der Waals surface area contributed by atoms with Crippen LogP contribution in [0.5, 0.6) is 5.75 Å². The van der Waals surface area contributed by atoms with Crippen molar-refractivity contribution in [1.82, 2.24) is 5.32 Å². The monoisotopic (exact) mass is 231 g/mol. The number of benzene rings is 1. The molecule has 3 rings (SSSR count). The summed E-state index contributed by atoms with van der Waals surface area (Å²) < 4.78 is 6.07. The van der Waals surface area contributed by atoms with E-state index < -0.39 is 0 Å². The average molecular weight is 231 g/mol. The van der Waals surface area contributed by atoms with Gasteiger partial charge in [-0.25, -0.2) is 0 Å². The summed E-state index contributed by atoms with van der Waals surface area (Å²) in [6.07, 6.45) is 5.08. The highest BCUT2D eigenvalue weighted by Gasteiger charge is 2.31. The molecule has 1 saturated carbocycles. The van der Waals surface area contributed by atoms with Gasteiger partial charge in [0, 0.05) is 24.6 Å². The summed E-state index contributed by atoms with van der Waals surface area (Å²) >= 11 is 0. The summed E-state index contributed by atoms with van der Waals surface area (Å²) in [4.78, 5) is 0. The fourth-order valence-corrected chi connectivity index (χ4v) is 2.69. The summed E-state index contributed by atoms with van der Waals surface area (Å²) in [7, 11) is 0. The topological polar surface area (TPSA) is 21.3 Å². The molecule has 0 saturated heterocycles. The first-order chi connectivity index (χ1) is 8.14. The maximum Gasteiger partial charge on any atom is 0.127 e. The van der Waals surface area contributed by atoms with Gasteiger partial charge in [-0.05, 0) is 32.3 Å². The van der Waals surface area contributed by atoms with Crippen molar-refractivity contribution in [1.29, 1.82) is 0 Å². The largest absolute Gasteiger partial charge is 0.487 e. The molecule has 2 nitrogen and oxygen atoms in total. The van der Waals surface area contributed by atoms with Gasteiger partial charge >= 0.3 is 0 Å². The Morgan fingerprint density at radius 2 is 2.18 bits per heavy atom. The van der Waals surface area contributed by atoms with Crippen molar-refractivity contribution in [3.63, 3.8) is 0 Å². The van der Waals surface area contributed by atoms with Gasteiger partial charge in [0.05, 0.1) is 0 Å². The van der Waals surface area contributed by atoms with Gasteiger partial charge in [-0.1, -0.05) is 24.6 Å². The zero-order valence-electron chi connectivity index (χ0n) is 10.8. The third kappa shape index (κ3) is 2.19. The molecule has 0 radical (unpaired) electrons. The van der Waals surface area contributed by atoms with E-state index in [4.69, 9.17) is 4.74 Å². The third-order valence-electron chi connectivity index (χ3n) is 3.86. The Kier molecular flexibility index (Phi) is 2.62.